The normalized spacial score (nSPS) is 22.5. The SMILES string of the molecule is O=C1OCCN1C1=CC[CH]C=C1. The van der Waals surface area contributed by atoms with Gasteiger partial charge in [0.15, 0.2) is 0 Å². The third kappa shape index (κ3) is 1.22. The van der Waals surface area contributed by atoms with Crippen LogP contribution < -0.4 is 0 Å². The lowest BCUT2D eigenvalue weighted by Gasteiger charge is -2.15. The Kier molecular flexibility index (Phi) is 1.86. The Morgan fingerprint density at radius 1 is 1.50 bits per heavy atom. The molecule has 0 N–H and O–H groups in total. The Labute approximate surface area is 71.3 Å². The molecule has 1 fully saturated rings. The molecule has 0 aromatic rings. The fourth-order valence-corrected chi connectivity index (χ4v) is 1.33. The lowest BCUT2D eigenvalue weighted by molar-refractivity contribution is 0.165. The van der Waals surface area contributed by atoms with Crippen LogP contribution >= 0.6 is 0 Å². The first-order valence-corrected chi connectivity index (χ1v) is 4.02. The van der Waals surface area contributed by atoms with Crippen LogP contribution in [0.2, 0.25) is 0 Å². The molecule has 12 heavy (non-hydrogen) atoms. The first-order chi connectivity index (χ1) is 5.88. The predicted octanol–water partition coefficient (Wildman–Crippen LogP) is 1.49. The van der Waals surface area contributed by atoms with E-state index in [4.69, 9.17) is 4.74 Å². The second kappa shape index (κ2) is 3.01. The number of carbonyl (C=O) groups is 1. The highest BCUT2D eigenvalue weighted by molar-refractivity contribution is 5.72. The van der Waals surface area contributed by atoms with Crippen molar-refractivity contribution < 1.29 is 9.53 Å². The minimum atomic E-state index is -0.229. The maximum Gasteiger partial charge on any atom is 0.414 e. The molecule has 1 amide bonds. The molecule has 0 aromatic heterocycles. The summed E-state index contributed by atoms with van der Waals surface area (Å²) in [6.45, 7) is 1.18. The van der Waals surface area contributed by atoms with Gasteiger partial charge in [-0.15, -0.1) is 0 Å². The minimum Gasteiger partial charge on any atom is -0.447 e. The van der Waals surface area contributed by atoms with E-state index in [-0.39, 0.29) is 6.09 Å². The molecule has 1 aliphatic carbocycles. The zero-order valence-electron chi connectivity index (χ0n) is 6.69. The van der Waals surface area contributed by atoms with Crippen LogP contribution in [0.25, 0.3) is 0 Å². The van der Waals surface area contributed by atoms with Crippen LogP contribution in [0.3, 0.4) is 0 Å². The number of carbonyl (C=O) groups excluding carboxylic acids is 1. The first-order valence-electron chi connectivity index (χ1n) is 4.02. The van der Waals surface area contributed by atoms with Crippen LogP contribution in [-0.2, 0) is 4.74 Å². The zero-order valence-corrected chi connectivity index (χ0v) is 6.69. The standard InChI is InChI=1S/C9H10NO2/c11-9-10(6-7-12-9)8-4-2-1-3-5-8/h1-2,4-5H,3,6-7H2. The van der Waals surface area contributed by atoms with E-state index in [9.17, 15) is 4.79 Å². The quantitative estimate of drug-likeness (QED) is 0.587. The molecule has 3 heteroatoms. The van der Waals surface area contributed by atoms with Gasteiger partial charge >= 0.3 is 6.09 Å². The highest BCUT2D eigenvalue weighted by Gasteiger charge is 2.24. The minimum absolute atomic E-state index is 0.229. The molecule has 3 nitrogen and oxygen atoms in total. The number of hydrogen-bond donors (Lipinski definition) is 0. The highest BCUT2D eigenvalue weighted by Crippen LogP contribution is 2.17. The molecule has 1 heterocycles. The van der Waals surface area contributed by atoms with Crippen molar-refractivity contribution in [3.05, 3.63) is 30.3 Å². The Morgan fingerprint density at radius 2 is 2.42 bits per heavy atom. The number of rotatable bonds is 1. The molecule has 0 saturated carbocycles. The summed E-state index contributed by atoms with van der Waals surface area (Å²) >= 11 is 0. The second-order valence-electron chi connectivity index (χ2n) is 2.73. The fraction of sp³-hybridized carbons (Fsp3) is 0.333. The Balaban J connectivity index is 2.13. The number of nitrogens with zero attached hydrogens (tertiary/aromatic N) is 1. The van der Waals surface area contributed by atoms with Crippen LogP contribution in [-0.4, -0.2) is 24.1 Å². The molecule has 2 rings (SSSR count). The van der Waals surface area contributed by atoms with Crippen molar-refractivity contribution in [1.29, 1.82) is 0 Å². The van der Waals surface area contributed by atoms with Gasteiger partial charge in [-0.3, -0.25) is 4.90 Å². The summed E-state index contributed by atoms with van der Waals surface area (Å²) in [4.78, 5) is 12.7. The molecule has 1 radical (unpaired) electrons. The van der Waals surface area contributed by atoms with Crippen LogP contribution in [0, 0.1) is 6.42 Å². The third-order valence-corrected chi connectivity index (χ3v) is 1.94. The molecule has 0 atom stereocenters. The lowest BCUT2D eigenvalue weighted by atomic mass is 10.1. The Morgan fingerprint density at radius 3 is 3.00 bits per heavy atom. The van der Waals surface area contributed by atoms with Gasteiger partial charge in [0.25, 0.3) is 0 Å². The Hall–Kier alpha value is -1.25. The summed E-state index contributed by atoms with van der Waals surface area (Å²) in [7, 11) is 0. The Bertz CT molecular complexity index is 255. The van der Waals surface area contributed by atoms with Crippen LogP contribution in [0.5, 0.6) is 0 Å². The van der Waals surface area contributed by atoms with Crippen LogP contribution in [0.15, 0.2) is 23.9 Å². The van der Waals surface area contributed by atoms with Crippen LogP contribution in [0.4, 0.5) is 4.79 Å². The summed E-state index contributed by atoms with van der Waals surface area (Å²) in [5, 5.41) is 0. The number of hydrogen-bond acceptors (Lipinski definition) is 2. The molecule has 2 aliphatic rings. The van der Waals surface area contributed by atoms with Gasteiger partial charge in [0.05, 0.1) is 6.54 Å². The average molecular weight is 164 g/mol. The van der Waals surface area contributed by atoms with Crippen molar-refractivity contribution in [3.8, 4) is 0 Å². The largest absolute Gasteiger partial charge is 0.447 e. The van der Waals surface area contributed by atoms with Gasteiger partial charge in [-0.05, 0) is 18.9 Å². The van der Waals surface area contributed by atoms with E-state index in [2.05, 4.69) is 0 Å². The van der Waals surface area contributed by atoms with Gasteiger partial charge in [-0.25, -0.2) is 4.79 Å². The maximum absolute atomic E-state index is 11.1. The molecule has 0 unspecified atom stereocenters. The van der Waals surface area contributed by atoms with Gasteiger partial charge in [-0.2, -0.15) is 0 Å². The lowest BCUT2D eigenvalue weighted by Crippen LogP contribution is -2.23. The third-order valence-electron chi connectivity index (χ3n) is 1.94. The second-order valence-corrected chi connectivity index (χ2v) is 2.73. The summed E-state index contributed by atoms with van der Waals surface area (Å²) in [6, 6.07) is 0. The van der Waals surface area contributed by atoms with Gasteiger partial charge in [0, 0.05) is 5.70 Å². The number of ether oxygens (including phenoxy) is 1. The maximum atomic E-state index is 11.1. The molecule has 0 aromatic carbocycles. The number of cyclic esters (lactones) is 1. The molecule has 63 valence electrons. The van der Waals surface area contributed by atoms with Gasteiger partial charge in [-0.1, -0.05) is 12.2 Å². The zero-order chi connectivity index (χ0) is 8.39. The van der Waals surface area contributed by atoms with Crippen molar-refractivity contribution in [3.63, 3.8) is 0 Å². The van der Waals surface area contributed by atoms with E-state index >= 15 is 0 Å². The van der Waals surface area contributed by atoms with Crippen molar-refractivity contribution in [2.75, 3.05) is 13.2 Å². The first kappa shape index (κ1) is 7.40. The summed E-state index contributed by atoms with van der Waals surface area (Å²) in [6.07, 6.45) is 8.62. The van der Waals surface area contributed by atoms with E-state index < -0.39 is 0 Å². The molecule has 1 aliphatic heterocycles. The number of allylic oxidation sites excluding steroid dienone is 3. The van der Waals surface area contributed by atoms with Gasteiger partial charge < -0.3 is 4.74 Å². The molecule has 0 spiro atoms. The van der Waals surface area contributed by atoms with Crippen molar-refractivity contribution in [1.82, 2.24) is 4.90 Å². The smallest absolute Gasteiger partial charge is 0.414 e. The van der Waals surface area contributed by atoms with E-state index in [1.807, 2.05) is 24.6 Å². The molecule has 1 saturated heterocycles. The topological polar surface area (TPSA) is 29.5 Å². The fourth-order valence-electron chi connectivity index (χ4n) is 1.33. The van der Waals surface area contributed by atoms with E-state index in [0.717, 1.165) is 12.1 Å². The van der Waals surface area contributed by atoms with Crippen molar-refractivity contribution in [2.45, 2.75) is 6.42 Å². The monoisotopic (exact) mass is 164 g/mol. The number of amides is 1. The van der Waals surface area contributed by atoms with Crippen molar-refractivity contribution >= 4 is 6.09 Å². The average Bonchev–Trinajstić information content (AvgIpc) is 2.53. The molecule has 0 bridgehead atoms. The highest BCUT2D eigenvalue weighted by atomic mass is 16.6. The van der Waals surface area contributed by atoms with E-state index in [1.54, 1.807) is 4.90 Å². The summed E-state index contributed by atoms with van der Waals surface area (Å²) in [5.74, 6) is 0. The summed E-state index contributed by atoms with van der Waals surface area (Å²) < 4.78 is 4.82. The van der Waals surface area contributed by atoms with Crippen LogP contribution in [0.1, 0.15) is 6.42 Å². The van der Waals surface area contributed by atoms with Gasteiger partial charge in [0.1, 0.15) is 6.61 Å². The van der Waals surface area contributed by atoms with E-state index in [0.29, 0.717) is 13.2 Å². The van der Waals surface area contributed by atoms with Gasteiger partial charge in [0.2, 0.25) is 0 Å². The summed E-state index contributed by atoms with van der Waals surface area (Å²) in [5.41, 5.74) is 0.958. The molecular weight excluding hydrogens is 154 g/mol. The van der Waals surface area contributed by atoms with Crippen molar-refractivity contribution in [2.24, 2.45) is 0 Å². The predicted molar refractivity (Wildman–Crippen MR) is 44.2 cm³/mol. The van der Waals surface area contributed by atoms with E-state index in [1.165, 1.54) is 0 Å². The molecular formula is C9H10NO2.